The summed E-state index contributed by atoms with van der Waals surface area (Å²) in [7, 11) is 0. The highest BCUT2D eigenvalue weighted by molar-refractivity contribution is 5.95. The van der Waals surface area contributed by atoms with Crippen molar-refractivity contribution in [2.45, 2.75) is 19.8 Å². The summed E-state index contributed by atoms with van der Waals surface area (Å²) in [6, 6.07) is 4.91. The molecule has 0 bridgehead atoms. The predicted octanol–water partition coefficient (Wildman–Crippen LogP) is 1.38. The van der Waals surface area contributed by atoms with Crippen LogP contribution in [0.25, 0.3) is 0 Å². The summed E-state index contributed by atoms with van der Waals surface area (Å²) in [5.74, 6) is -0.102. The molecule has 0 radical (unpaired) electrons. The summed E-state index contributed by atoms with van der Waals surface area (Å²) >= 11 is 0. The summed E-state index contributed by atoms with van der Waals surface area (Å²) in [5, 5.41) is 2.81. The lowest BCUT2D eigenvalue weighted by atomic mass is 10.1. The molecule has 0 aromatic heterocycles. The lowest BCUT2D eigenvalue weighted by molar-refractivity contribution is 0.0953. The molecule has 15 heavy (non-hydrogen) atoms. The highest BCUT2D eigenvalue weighted by Crippen LogP contribution is 2.15. The number of nitrogens with one attached hydrogen (secondary N) is 1. The van der Waals surface area contributed by atoms with Crippen molar-refractivity contribution in [1.29, 1.82) is 0 Å². The quantitative estimate of drug-likeness (QED) is 0.515. The van der Waals surface area contributed by atoms with E-state index >= 15 is 0 Å². The van der Waals surface area contributed by atoms with Gasteiger partial charge in [-0.3, -0.25) is 4.79 Å². The van der Waals surface area contributed by atoms with Gasteiger partial charge >= 0.3 is 0 Å². The monoisotopic (exact) mass is 207 g/mol. The Morgan fingerprint density at radius 3 is 2.67 bits per heavy atom. The van der Waals surface area contributed by atoms with E-state index in [9.17, 15) is 4.79 Å². The first-order valence-corrected chi connectivity index (χ1v) is 5.08. The number of carbonyl (C=O) groups is 1. The summed E-state index contributed by atoms with van der Waals surface area (Å²) in [6.07, 6.45) is 2.04. The van der Waals surface area contributed by atoms with Crippen molar-refractivity contribution in [3.63, 3.8) is 0 Å². The van der Waals surface area contributed by atoms with Crippen molar-refractivity contribution in [2.75, 3.05) is 18.0 Å². The maximum absolute atomic E-state index is 11.6. The average Bonchev–Trinajstić information content (AvgIpc) is 2.22. The fourth-order valence-electron chi connectivity index (χ4n) is 1.20. The van der Waals surface area contributed by atoms with E-state index in [1.165, 1.54) is 0 Å². The standard InChI is InChI=1S/C11H17N3O/c1-2-3-6-14-11(15)8-4-5-9(12)10(13)7-8/h4-5,7H,2-3,6,12-13H2,1H3,(H,14,15). The molecule has 1 rings (SSSR count). The van der Waals surface area contributed by atoms with Crippen molar-refractivity contribution in [3.8, 4) is 0 Å². The van der Waals surface area contributed by atoms with Gasteiger partial charge in [-0.2, -0.15) is 0 Å². The molecule has 1 amide bonds. The Morgan fingerprint density at radius 2 is 2.07 bits per heavy atom. The number of nitrogen functional groups attached to an aromatic ring is 2. The summed E-state index contributed by atoms with van der Waals surface area (Å²) in [4.78, 5) is 11.6. The molecule has 0 unspecified atom stereocenters. The molecule has 0 fully saturated rings. The first-order valence-electron chi connectivity index (χ1n) is 5.08. The van der Waals surface area contributed by atoms with Crippen molar-refractivity contribution < 1.29 is 4.79 Å². The topological polar surface area (TPSA) is 81.1 Å². The van der Waals surface area contributed by atoms with Gasteiger partial charge in [0.2, 0.25) is 0 Å². The molecule has 0 spiro atoms. The largest absolute Gasteiger partial charge is 0.397 e. The van der Waals surface area contributed by atoms with Crippen LogP contribution in [-0.2, 0) is 0 Å². The van der Waals surface area contributed by atoms with Gasteiger partial charge in [0.15, 0.2) is 0 Å². The van der Waals surface area contributed by atoms with E-state index in [4.69, 9.17) is 11.5 Å². The van der Waals surface area contributed by atoms with E-state index in [1.54, 1.807) is 18.2 Å². The summed E-state index contributed by atoms with van der Waals surface area (Å²) in [5.41, 5.74) is 12.7. The Bertz CT molecular complexity index is 350. The second-order valence-electron chi connectivity index (χ2n) is 3.45. The lowest BCUT2D eigenvalue weighted by Gasteiger charge is -2.06. The van der Waals surface area contributed by atoms with Gasteiger partial charge in [0, 0.05) is 12.1 Å². The van der Waals surface area contributed by atoms with Crippen LogP contribution < -0.4 is 16.8 Å². The van der Waals surface area contributed by atoms with Crippen molar-refractivity contribution in [2.24, 2.45) is 0 Å². The molecule has 0 aliphatic heterocycles. The van der Waals surface area contributed by atoms with Gasteiger partial charge in [-0.25, -0.2) is 0 Å². The number of carbonyl (C=O) groups excluding carboxylic acids is 1. The van der Waals surface area contributed by atoms with Crippen LogP contribution >= 0.6 is 0 Å². The molecule has 4 heteroatoms. The molecule has 0 atom stereocenters. The second-order valence-corrected chi connectivity index (χ2v) is 3.45. The minimum atomic E-state index is -0.102. The molecule has 4 nitrogen and oxygen atoms in total. The van der Waals surface area contributed by atoms with Crippen LogP contribution in [-0.4, -0.2) is 12.5 Å². The van der Waals surface area contributed by atoms with Gasteiger partial charge in [-0.15, -0.1) is 0 Å². The normalized spacial score (nSPS) is 9.93. The van der Waals surface area contributed by atoms with Crippen LogP contribution in [0.2, 0.25) is 0 Å². The van der Waals surface area contributed by atoms with E-state index in [-0.39, 0.29) is 5.91 Å². The molecular formula is C11H17N3O. The van der Waals surface area contributed by atoms with Gasteiger partial charge < -0.3 is 16.8 Å². The Balaban J connectivity index is 2.62. The zero-order valence-corrected chi connectivity index (χ0v) is 8.92. The van der Waals surface area contributed by atoms with E-state index < -0.39 is 0 Å². The van der Waals surface area contributed by atoms with Crippen molar-refractivity contribution in [3.05, 3.63) is 23.8 Å². The number of anilines is 2. The van der Waals surface area contributed by atoms with E-state index in [0.29, 0.717) is 23.5 Å². The number of hydrogen-bond donors (Lipinski definition) is 3. The zero-order valence-electron chi connectivity index (χ0n) is 8.92. The van der Waals surface area contributed by atoms with Crippen LogP contribution in [0, 0.1) is 0 Å². The Hall–Kier alpha value is -1.71. The minimum Gasteiger partial charge on any atom is -0.397 e. The smallest absolute Gasteiger partial charge is 0.251 e. The molecular weight excluding hydrogens is 190 g/mol. The van der Waals surface area contributed by atoms with Crippen LogP contribution in [0.3, 0.4) is 0 Å². The number of rotatable bonds is 4. The lowest BCUT2D eigenvalue weighted by Crippen LogP contribution is -2.24. The molecule has 0 aliphatic carbocycles. The van der Waals surface area contributed by atoms with Crippen LogP contribution in [0.5, 0.6) is 0 Å². The molecule has 0 aliphatic rings. The number of benzene rings is 1. The maximum atomic E-state index is 11.6. The third kappa shape index (κ3) is 3.16. The summed E-state index contributed by atoms with van der Waals surface area (Å²) in [6.45, 7) is 2.77. The number of unbranched alkanes of at least 4 members (excludes halogenated alkanes) is 1. The van der Waals surface area contributed by atoms with Crippen LogP contribution in [0.15, 0.2) is 18.2 Å². The molecule has 5 N–H and O–H groups in total. The van der Waals surface area contributed by atoms with E-state index in [1.807, 2.05) is 0 Å². The van der Waals surface area contributed by atoms with Crippen molar-refractivity contribution >= 4 is 17.3 Å². The number of amides is 1. The third-order valence-corrected chi connectivity index (χ3v) is 2.16. The highest BCUT2D eigenvalue weighted by Gasteiger charge is 2.05. The van der Waals surface area contributed by atoms with Gasteiger partial charge in [0.1, 0.15) is 0 Å². The van der Waals surface area contributed by atoms with Crippen LogP contribution in [0.4, 0.5) is 11.4 Å². The Labute approximate surface area is 89.6 Å². The SMILES string of the molecule is CCCCNC(=O)c1ccc(N)c(N)c1. The molecule has 82 valence electrons. The average molecular weight is 207 g/mol. The molecule has 0 heterocycles. The predicted molar refractivity (Wildman–Crippen MR) is 62.5 cm³/mol. The van der Waals surface area contributed by atoms with Gasteiger partial charge in [0.25, 0.3) is 5.91 Å². The Kier molecular flexibility index (Phi) is 3.97. The first-order chi connectivity index (χ1) is 7.15. The Morgan fingerprint density at radius 1 is 1.33 bits per heavy atom. The van der Waals surface area contributed by atoms with Gasteiger partial charge in [0.05, 0.1) is 11.4 Å². The van der Waals surface area contributed by atoms with Gasteiger partial charge in [-0.1, -0.05) is 13.3 Å². The third-order valence-electron chi connectivity index (χ3n) is 2.16. The van der Waals surface area contributed by atoms with Crippen molar-refractivity contribution in [1.82, 2.24) is 5.32 Å². The molecule has 0 saturated carbocycles. The zero-order chi connectivity index (χ0) is 11.3. The first kappa shape index (κ1) is 11.4. The van der Waals surface area contributed by atoms with Gasteiger partial charge in [-0.05, 0) is 24.6 Å². The molecule has 1 aromatic rings. The fourth-order valence-corrected chi connectivity index (χ4v) is 1.20. The summed E-state index contributed by atoms with van der Waals surface area (Å²) < 4.78 is 0. The highest BCUT2D eigenvalue weighted by atomic mass is 16.1. The fraction of sp³-hybridized carbons (Fsp3) is 0.364. The second kappa shape index (κ2) is 5.24. The molecule has 0 saturated heterocycles. The minimum absolute atomic E-state index is 0.102. The van der Waals surface area contributed by atoms with Crippen LogP contribution in [0.1, 0.15) is 30.1 Å². The van der Waals surface area contributed by atoms with E-state index in [2.05, 4.69) is 12.2 Å². The molecule has 1 aromatic carbocycles. The maximum Gasteiger partial charge on any atom is 0.251 e. The number of nitrogens with two attached hydrogens (primary N) is 2. The van der Waals surface area contributed by atoms with E-state index in [0.717, 1.165) is 12.8 Å². The number of hydrogen-bond acceptors (Lipinski definition) is 3.